The van der Waals surface area contributed by atoms with Crippen LogP contribution >= 0.6 is 11.8 Å². The lowest BCUT2D eigenvalue weighted by Gasteiger charge is -2.10. The number of nitrogens with one attached hydrogen (secondary N) is 1. The number of anilines is 1. The Labute approximate surface area is 108 Å². The summed E-state index contributed by atoms with van der Waals surface area (Å²) in [6.07, 6.45) is 1.84. The standard InChI is InChI=1S/C12H13F2N3S/c1-17-7-6-9(16-17)8-15-10-4-2-3-5-11(10)18-12(13)14/h2-7,12,15H,8H2,1H3. The van der Waals surface area contributed by atoms with Crippen molar-refractivity contribution in [2.45, 2.75) is 17.2 Å². The van der Waals surface area contributed by atoms with Gasteiger partial charge in [-0.1, -0.05) is 23.9 Å². The van der Waals surface area contributed by atoms with Crippen LogP contribution in [0.5, 0.6) is 0 Å². The number of hydrogen-bond acceptors (Lipinski definition) is 3. The van der Waals surface area contributed by atoms with Gasteiger partial charge in [-0.15, -0.1) is 0 Å². The minimum absolute atomic E-state index is 0.516. The monoisotopic (exact) mass is 269 g/mol. The van der Waals surface area contributed by atoms with E-state index in [1.165, 1.54) is 0 Å². The zero-order chi connectivity index (χ0) is 13.0. The van der Waals surface area contributed by atoms with E-state index in [4.69, 9.17) is 0 Å². The first kappa shape index (κ1) is 12.9. The minimum atomic E-state index is -2.41. The highest BCUT2D eigenvalue weighted by molar-refractivity contribution is 7.99. The average Bonchev–Trinajstić information content (AvgIpc) is 2.73. The van der Waals surface area contributed by atoms with Gasteiger partial charge in [-0.25, -0.2) is 0 Å². The Hall–Kier alpha value is -1.56. The Morgan fingerprint density at radius 1 is 1.33 bits per heavy atom. The summed E-state index contributed by atoms with van der Waals surface area (Å²) in [7, 11) is 1.84. The quantitative estimate of drug-likeness (QED) is 0.844. The normalized spacial score (nSPS) is 10.9. The molecule has 2 rings (SSSR count). The van der Waals surface area contributed by atoms with Crippen LogP contribution in [0.25, 0.3) is 0 Å². The fourth-order valence-corrected chi connectivity index (χ4v) is 2.17. The lowest BCUT2D eigenvalue weighted by molar-refractivity contribution is 0.252. The summed E-state index contributed by atoms with van der Waals surface area (Å²) in [6, 6.07) is 8.91. The number of nitrogens with zero attached hydrogens (tertiary/aromatic N) is 2. The predicted octanol–water partition coefficient (Wildman–Crippen LogP) is 3.35. The van der Waals surface area contributed by atoms with Crippen molar-refractivity contribution in [3.63, 3.8) is 0 Å². The van der Waals surface area contributed by atoms with Gasteiger partial charge in [-0.2, -0.15) is 13.9 Å². The predicted molar refractivity (Wildman–Crippen MR) is 68.8 cm³/mol. The molecule has 0 fully saturated rings. The summed E-state index contributed by atoms with van der Waals surface area (Å²) in [6.45, 7) is 0.516. The van der Waals surface area contributed by atoms with E-state index in [9.17, 15) is 8.78 Å². The number of aryl methyl sites for hydroxylation is 1. The molecule has 1 aromatic carbocycles. The summed E-state index contributed by atoms with van der Waals surface area (Å²) >= 11 is 0.544. The second kappa shape index (κ2) is 5.86. The molecule has 0 spiro atoms. The highest BCUT2D eigenvalue weighted by atomic mass is 32.2. The van der Waals surface area contributed by atoms with E-state index in [1.807, 2.05) is 25.4 Å². The molecule has 0 atom stereocenters. The molecule has 0 unspecified atom stereocenters. The van der Waals surface area contributed by atoms with Crippen molar-refractivity contribution in [1.82, 2.24) is 9.78 Å². The second-order valence-electron chi connectivity index (χ2n) is 3.71. The lowest BCUT2D eigenvalue weighted by Crippen LogP contribution is -2.02. The number of rotatable bonds is 5. The van der Waals surface area contributed by atoms with Crippen molar-refractivity contribution in [3.8, 4) is 0 Å². The Bertz CT molecular complexity index is 514. The van der Waals surface area contributed by atoms with Crippen LogP contribution in [0, 0.1) is 0 Å². The van der Waals surface area contributed by atoms with Gasteiger partial charge < -0.3 is 5.32 Å². The lowest BCUT2D eigenvalue weighted by atomic mass is 10.3. The van der Waals surface area contributed by atoms with Gasteiger partial charge in [-0.3, -0.25) is 4.68 Å². The van der Waals surface area contributed by atoms with Gasteiger partial charge in [0.1, 0.15) is 0 Å². The van der Waals surface area contributed by atoms with Gasteiger partial charge in [0.25, 0.3) is 5.76 Å². The Kier molecular flexibility index (Phi) is 4.19. The van der Waals surface area contributed by atoms with Crippen molar-refractivity contribution in [1.29, 1.82) is 0 Å². The van der Waals surface area contributed by atoms with Crippen molar-refractivity contribution in [2.75, 3.05) is 5.32 Å². The maximum Gasteiger partial charge on any atom is 0.288 e. The fraction of sp³-hybridized carbons (Fsp3) is 0.250. The first-order chi connectivity index (χ1) is 8.65. The molecule has 0 bridgehead atoms. The van der Waals surface area contributed by atoms with E-state index in [2.05, 4.69) is 10.4 Å². The zero-order valence-corrected chi connectivity index (χ0v) is 10.6. The maximum absolute atomic E-state index is 12.4. The van der Waals surface area contributed by atoms with Gasteiger partial charge in [0.2, 0.25) is 0 Å². The third-order valence-electron chi connectivity index (χ3n) is 2.33. The van der Waals surface area contributed by atoms with Crippen LogP contribution in [0.15, 0.2) is 41.4 Å². The van der Waals surface area contributed by atoms with Crippen LogP contribution < -0.4 is 5.32 Å². The molecule has 0 aliphatic heterocycles. The maximum atomic E-state index is 12.4. The van der Waals surface area contributed by atoms with E-state index < -0.39 is 5.76 Å². The van der Waals surface area contributed by atoms with Crippen molar-refractivity contribution in [2.24, 2.45) is 7.05 Å². The molecule has 1 heterocycles. The Morgan fingerprint density at radius 3 is 2.78 bits per heavy atom. The SMILES string of the molecule is Cn1ccc(CNc2ccccc2SC(F)F)n1. The number of benzene rings is 1. The first-order valence-electron chi connectivity index (χ1n) is 5.41. The molecule has 1 N–H and O–H groups in total. The van der Waals surface area contributed by atoms with Crippen molar-refractivity contribution >= 4 is 17.4 Å². The first-order valence-corrected chi connectivity index (χ1v) is 6.29. The van der Waals surface area contributed by atoms with E-state index in [0.29, 0.717) is 28.9 Å². The van der Waals surface area contributed by atoms with Crippen LogP contribution in [0.4, 0.5) is 14.5 Å². The molecule has 0 aliphatic rings. The van der Waals surface area contributed by atoms with E-state index in [-0.39, 0.29) is 0 Å². The van der Waals surface area contributed by atoms with Crippen LogP contribution in [0.2, 0.25) is 0 Å². The summed E-state index contributed by atoms with van der Waals surface area (Å²) < 4.78 is 26.5. The molecular formula is C12H13F2N3S. The molecule has 18 heavy (non-hydrogen) atoms. The molecule has 0 aliphatic carbocycles. The molecule has 6 heteroatoms. The van der Waals surface area contributed by atoms with Crippen molar-refractivity contribution < 1.29 is 8.78 Å². The molecule has 96 valence electrons. The molecular weight excluding hydrogens is 256 g/mol. The van der Waals surface area contributed by atoms with Crippen LogP contribution in [0.3, 0.4) is 0 Å². The van der Waals surface area contributed by atoms with Gasteiger partial charge in [-0.05, 0) is 18.2 Å². The summed E-state index contributed by atoms with van der Waals surface area (Å²) in [5.74, 6) is -2.41. The number of aromatic nitrogens is 2. The Morgan fingerprint density at radius 2 is 2.11 bits per heavy atom. The summed E-state index contributed by atoms with van der Waals surface area (Å²) in [4.78, 5) is 0.545. The molecule has 0 amide bonds. The van der Waals surface area contributed by atoms with Gasteiger partial charge >= 0.3 is 0 Å². The zero-order valence-electron chi connectivity index (χ0n) is 9.81. The van der Waals surface area contributed by atoms with Crippen molar-refractivity contribution in [3.05, 3.63) is 42.2 Å². The molecule has 0 saturated carbocycles. The highest BCUT2D eigenvalue weighted by Gasteiger charge is 2.09. The van der Waals surface area contributed by atoms with Crippen LogP contribution in [-0.4, -0.2) is 15.5 Å². The Balaban J connectivity index is 2.04. The number of halogens is 2. The van der Waals surface area contributed by atoms with E-state index in [0.717, 1.165) is 5.69 Å². The van der Waals surface area contributed by atoms with Gasteiger partial charge in [0.15, 0.2) is 0 Å². The third kappa shape index (κ3) is 3.46. The molecule has 3 nitrogen and oxygen atoms in total. The summed E-state index contributed by atoms with van der Waals surface area (Å²) in [5.41, 5.74) is 1.57. The van der Waals surface area contributed by atoms with Gasteiger partial charge in [0, 0.05) is 23.8 Å². The van der Waals surface area contributed by atoms with E-state index >= 15 is 0 Å². The van der Waals surface area contributed by atoms with E-state index in [1.54, 1.807) is 22.9 Å². The number of para-hydroxylation sites is 1. The molecule has 2 aromatic rings. The second-order valence-corrected chi connectivity index (χ2v) is 4.74. The highest BCUT2D eigenvalue weighted by Crippen LogP contribution is 2.31. The largest absolute Gasteiger partial charge is 0.378 e. The topological polar surface area (TPSA) is 29.9 Å². The average molecular weight is 269 g/mol. The third-order valence-corrected chi connectivity index (χ3v) is 3.12. The smallest absolute Gasteiger partial charge is 0.288 e. The number of alkyl halides is 2. The number of hydrogen-bond donors (Lipinski definition) is 1. The molecule has 1 aromatic heterocycles. The summed E-state index contributed by atoms with van der Waals surface area (Å²) in [5, 5.41) is 7.33. The fourth-order valence-electron chi connectivity index (χ4n) is 1.55. The molecule has 0 radical (unpaired) electrons. The van der Waals surface area contributed by atoms with Crippen LogP contribution in [0.1, 0.15) is 5.69 Å². The minimum Gasteiger partial charge on any atom is -0.378 e. The molecule has 0 saturated heterocycles. The van der Waals surface area contributed by atoms with Gasteiger partial charge in [0.05, 0.1) is 12.2 Å². The van der Waals surface area contributed by atoms with Crippen LogP contribution in [-0.2, 0) is 13.6 Å². The number of thioether (sulfide) groups is 1.